The highest BCUT2D eigenvalue weighted by Crippen LogP contribution is 2.11. The van der Waals surface area contributed by atoms with Gasteiger partial charge in [-0.2, -0.15) is 0 Å². The maximum Gasteiger partial charge on any atom is 0.0310 e. The molecule has 2 N–H and O–H groups in total. The summed E-state index contributed by atoms with van der Waals surface area (Å²) in [5, 5.41) is 0. The summed E-state index contributed by atoms with van der Waals surface area (Å²) < 4.78 is 0. The van der Waals surface area contributed by atoms with Crippen molar-refractivity contribution in [3.63, 3.8) is 0 Å². The Morgan fingerprint density at radius 1 is 1.36 bits per heavy atom. The van der Waals surface area contributed by atoms with Crippen LogP contribution in [0.1, 0.15) is 18.9 Å². The highest BCUT2D eigenvalue weighted by molar-refractivity contribution is 5.85. The lowest BCUT2D eigenvalue weighted by Crippen LogP contribution is -2.33. The minimum atomic E-state index is -0.240. The van der Waals surface area contributed by atoms with Gasteiger partial charge in [0.05, 0.1) is 0 Å². The van der Waals surface area contributed by atoms with Gasteiger partial charge in [0.1, 0.15) is 0 Å². The first kappa shape index (κ1) is 13.2. The molecule has 1 rings (SSSR count). The summed E-state index contributed by atoms with van der Waals surface area (Å²) >= 11 is 0. The molecule has 0 aliphatic heterocycles. The van der Waals surface area contributed by atoms with Gasteiger partial charge in [0.15, 0.2) is 0 Å². The molecule has 0 bridgehead atoms. The Hall–Kier alpha value is -0.790. The smallest absolute Gasteiger partial charge is 0.0310 e. The van der Waals surface area contributed by atoms with Crippen molar-refractivity contribution in [1.29, 1.82) is 0 Å². The van der Waals surface area contributed by atoms with E-state index < -0.39 is 0 Å². The minimum absolute atomic E-state index is 0. The normalized spacial score (nSPS) is 13.9. The van der Waals surface area contributed by atoms with Crippen LogP contribution in [0.25, 0.3) is 0 Å². The van der Waals surface area contributed by atoms with Crippen LogP contribution in [0.5, 0.6) is 0 Å². The second kappa shape index (κ2) is 5.84. The average Bonchev–Trinajstić information content (AvgIpc) is 2.17. The van der Waals surface area contributed by atoms with Crippen molar-refractivity contribution >= 4 is 12.4 Å². The standard InChI is InChI=1S/C12H17N.ClH/c1-3-12(2,13)10-9-11-7-5-4-6-8-11;/h3-8H,1,9-10,13H2,2H3;1H/t12-;/m0./s1. The highest BCUT2D eigenvalue weighted by Gasteiger charge is 2.12. The first-order valence-corrected chi connectivity index (χ1v) is 4.60. The molecular weight excluding hydrogens is 194 g/mol. The van der Waals surface area contributed by atoms with E-state index in [9.17, 15) is 0 Å². The van der Waals surface area contributed by atoms with E-state index in [1.165, 1.54) is 5.56 Å². The third-order valence-corrected chi connectivity index (χ3v) is 2.26. The van der Waals surface area contributed by atoms with Crippen LogP contribution in [0.4, 0.5) is 0 Å². The van der Waals surface area contributed by atoms with E-state index in [0.29, 0.717) is 0 Å². The van der Waals surface area contributed by atoms with E-state index in [2.05, 4.69) is 30.8 Å². The molecule has 0 aromatic heterocycles. The fourth-order valence-corrected chi connectivity index (χ4v) is 1.16. The molecule has 0 fully saturated rings. The Labute approximate surface area is 92.4 Å². The van der Waals surface area contributed by atoms with Crippen LogP contribution < -0.4 is 5.73 Å². The average molecular weight is 212 g/mol. The zero-order chi connectivity index (χ0) is 9.73. The summed E-state index contributed by atoms with van der Waals surface area (Å²) in [5.41, 5.74) is 7.04. The summed E-state index contributed by atoms with van der Waals surface area (Å²) in [6.07, 6.45) is 3.77. The molecule has 0 aliphatic carbocycles. The zero-order valence-corrected chi connectivity index (χ0v) is 9.39. The van der Waals surface area contributed by atoms with Gasteiger partial charge in [-0.1, -0.05) is 36.4 Å². The van der Waals surface area contributed by atoms with Crippen molar-refractivity contribution in [1.82, 2.24) is 0 Å². The zero-order valence-electron chi connectivity index (χ0n) is 8.57. The van der Waals surface area contributed by atoms with E-state index in [1.807, 2.05) is 19.1 Å². The van der Waals surface area contributed by atoms with E-state index >= 15 is 0 Å². The number of rotatable bonds is 4. The molecule has 0 saturated carbocycles. The summed E-state index contributed by atoms with van der Waals surface area (Å²) in [6, 6.07) is 10.4. The number of halogens is 1. The molecule has 1 atom stereocenters. The molecule has 0 aliphatic rings. The minimum Gasteiger partial charge on any atom is -0.322 e. The van der Waals surface area contributed by atoms with Gasteiger partial charge in [0.2, 0.25) is 0 Å². The van der Waals surface area contributed by atoms with E-state index in [1.54, 1.807) is 0 Å². The van der Waals surface area contributed by atoms with Crippen LogP contribution in [-0.2, 0) is 6.42 Å². The molecule has 78 valence electrons. The van der Waals surface area contributed by atoms with Crippen molar-refractivity contribution in [2.45, 2.75) is 25.3 Å². The van der Waals surface area contributed by atoms with Crippen molar-refractivity contribution in [3.8, 4) is 0 Å². The summed E-state index contributed by atoms with van der Waals surface area (Å²) in [5.74, 6) is 0. The number of aryl methyl sites for hydroxylation is 1. The first-order valence-electron chi connectivity index (χ1n) is 4.60. The number of hydrogen-bond donors (Lipinski definition) is 1. The summed E-state index contributed by atoms with van der Waals surface area (Å²) in [4.78, 5) is 0. The summed E-state index contributed by atoms with van der Waals surface area (Å²) in [7, 11) is 0. The molecule has 0 amide bonds. The van der Waals surface area contributed by atoms with Gasteiger partial charge >= 0.3 is 0 Å². The van der Waals surface area contributed by atoms with E-state index in [0.717, 1.165) is 12.8 Å². The Balaban J connectivity index is 0.00000169. The lowest BCUT2D eigenvalue weighted by Gasteiger charge is -2.19. The van der Waals surface area contributed by atoms with Crippen molar-refractivity contribution in [3.05, 3.63) is 48.6 Å². The fraction of sp³-hybridized carbons (Fsp3) is 0.333. The van der Waals surface area contributed by atoms with Crippen LogP contribution in [0.2, 0.25) is 0 Å². The van der Waals surface area contributed by atoms with Gasteiger partial charge in [-0.25, -0.2) is 0 Å². The summed E-state index contributed by atoms with van der Waals surface area (Å²) in [6.45, 7) is 5.72. The topological polar surface area (TPSA) is 26.0 Å². The molecular formula is C12H18ClN. The van der Waals surface area contributed by atoms with Gasteiger partial charge < -0.3 is 5.73 Å². The highest BCUT2D eigenvalue weighted by atomic mass is 35.5. The van der Waals surface area contributed by atoms with Crippen LogP contribution in [-0.4, -0.2) is 5.54 Å². The van der Waals surface area contributed by atoms with Crippen LogP contribution in [0.3, 0.4) is 0 Å². The van der Waals surface area contributed by atoms with Gasteiger partial charge in [0, 0.05) is 5.54 Å². The predicted octanol–water partition coefficient (Wildman–Crippen LogP) is 2.94. The Kier molecular flexibility index (Phi) is 5.51. The fourth-order valence-electron chi connectivity index (χ4n) is 1.16. The SMILES string of the molecule is C=C[C@](C)(N)CCc1ccccc1.Cl. The second-order valence-electron chi connectivity index (χ2n) is 3.70. The van der Waals surface area contributed by atoms with Gasteiger partial charge in [-0.05, 0) is 25.3 Å². The Morgan fingerprint density at radius 2 is 1.93 bits per heavy atom. The predicted molar refractivity (Wildman–Crippen MR) is 64.8 cm³/mol. The molecule has 14 heavy (non-hydrogen) atoms. The van der Waals surface area contributed by atoms with Gasteiger partial charge in [-0.15, -0.1) is 19.0 Å². The van der Waals surface area contributed by atoms with Crippen molar-refractivity contribution in [2.75, 3.05) is 0 Å². The van der Waals surface area contributed by atoms with E-state index in [4.69, 9.17) is 5.73 Å². The monoisotopic (exact) mass is 211 g/mol. The lowest BCUT2D eigenvalue weighted by molar-refractivity contribution is 0.535. The van der Waals surface area contributed by atoms with E-state index in [-0.39, 0.29) is 17.9 Å². The lowest BCUT2D eigenvalue weighted by atomic mass is 9.95. The third-order valence-electron chi connectivity index (χ3n) is 2.26. The maximum atomic E-state index is 5.95. The molecule has 1 aromatic rings. The van der Waals surface area contributed by atoms with Gasteiger partial charge in [0.25, 0.3) is 0 Å². The molecule has 1 aromatic carbocycles. The van der Waals surface area contributed by atoms with Crippen LogP contribution >= 0.6 is 12.4 Å². The molecule has 0 spiro atoms. The third kappa shape index (κ3) is 4.45. The second-order valence-corrected chi connectivity index (χ2v) is 3.70. The molecule has 0 heterocycles. The van der Waals surface area contributed by atoms with Gasteiger partial charge in [-0.3, -0.25) is 0 Å². The molecule has 0 saturated heterocycles. The maximum absolute atomic E-state index is 5.95. The Morgan fingerprint density at radius 3 is 2.43 bits per heavy atom. The number of nitrogens with two attached hydrogens (primary N) is 1. The number of benzene rings is 1. The molecule has 0 radical (unpaired) electrons. The largest absolute Gasteiger partial charge is 0.322 e. The van der Waals surface area contributed by atoms with Crippen molar-refractivity contribution < 1.29 is 0 Å². The van der Waals surface area contributed by atoms with Crippen molar-refractivity contribution in [2.24, 2.45) is 5.73 Å². The Bertz CT molecular complexity index is 267. The van der Waals surface area contributed by atoms with Crippen LogP contribution in [0, 0.1) is 0 Å². The molecule has 1 nitrogen and oxygen atoms in total. The number of hydrogen-bond acceptors (Lipinski definition) is 1. The van der Waals surface area contributed by atoms with Crippen LogP contribution in [0.15, 0.2) is 43.0 Å². The first-order chi connectivity index (χ1) is 6.14. The molecule has 0 unspecified atom stereocenters. The quantitative estimate of drug-likeness (QED) is 0.762. The molecule has 2 heteroatoms.